The first-order valence-corrected chi connectivity index (χ1v) is 8.58. The van der Waals surface area contributed by atoms with Crippen LogP contribution in [-0.2, 0) is 25.5 Å². The molecule has 1 aromatic carbocycles. The number of rotatable bonds is 6. The molecule has 8 heteroatoms. The van der Waals surface area contributed by atoms with Crippen molar-refractivity contribution >= 4 is 23.7 Å². The minimum atomic E-state index is -1.25. The molecular weight excluding hydrogens is 350 g/mol. The number of ether oxygens (including phenoxy) is 2. The van der Waals surface area contributed by atoms with Crippen LogP contribution in [0.5, 0.6) is 0 Å². The number of anilines is 1. The third-order valence-corrected chi connectivity index (χ3v) is 3.56. The van der Waals surface area contributed by atoms with E-state index < -0.39 is 35.2 Å². The van der Waals surface area contributed by atoms with Crippen molar-refractivity contribution in [2.75, 3.05) is 12.8 Å². The van der Waals surface area contributed by atoms with Crippen LogP contribution in [0, 0.1) is 0 Å². The largest absolute Gasteiger partial charge is 0.467 e. The van der Waals surface area contributed by atoms with Gasteiger partial charge in [0.1, 0.15) is 17.2 Å². The lowest BCUT2D eigenvalue weighted by molar-refractivity contribution is -0.149. The Morgan fingerprint density at radius 2 is 1.63 bits per heavy atom. The zero-order valence-electron chi connectivity index (χ0n) is 16.7. The van der Waals surface area contributed by atoms with Crippen molar-refractivity contribution in [2.24, 2.45) is 0 Å². The molecule has 0 aromatic heterocycles. The molecule has 0 fully saturated rings. The second kappa shape index (κ2) is 8.75. The van der Waals surface area contributed by atoms with Gasteiger partial charge >= 0.3 is 12.1 Å². The van der Waals surface area contributed by atoms with E-state index in [-0.39, 0.29) is 6.42 Å². The van der Waals surface area contributed by atoms with Crippen LogP contribution in [0.1, 0.15) is 40.2 Å². The number of nitrogen functional groups attached to an aromatic ring is 1. The predicted molar refractivity (Wildman–Crippen MR) is 102 cm³/mol. The highest BCUT2D eigenvalue weighted by atomic mass is 16.6. The number of carbonyl (C=O) groups is 3. The second-order valence-electron chi connectivity index (χ2n) is 7.75. The molecule has 1 aromatic rings. The van der Waals surface area contributed by atoms with Crippen molar-refractivity contribution in [3.8, 4) is 0 Å². The monoisotopic (exact) mass is 379 g/mol. The Hall–Kier alpha value is -2.77. The molecule has 1 atom stereocenters. The minimum absolute atomic E-state index is 0.197. The number of nitrogens with two attached hydrogens (primary N) is 1. The maximum atomic E-state index is 12.7. The van der Waals surface area contributed by atoms with Gasteiger partial charge in [0.05, 0.1) is 7.11 Å². The van der Waals surface area contributed by atoms with Crippen LogP contribution in [0.3, 0.4) is 0 Å². The van der Waals surface area contributed by atoms with Gasteiger partial charge < -0.3 is 25.8 Å². The van der Waals surface area contributed by atoms with E-state index in [4.69, 9.17) is 15.2 Å². The topological polar surface area (TPSA) is 120 Å². The smallest absolute Gasteiger partial charge is 0.408 e. The van der Waals surface area contributed by atoms with Gasteiger partial charge in [-0.3, -0.25) is 4.79 Å². The predicted octanol–water partition coefficient (Wildman–Crippen LogP) is 1.77. The van der Waals surface area contributed by atoms with Crippen LogP contribution < -0.4 is 16.4 Å². The summed E-state index contributed by atoms with van der Waals surface area (Å²) in [6.45, 7) is 8.21. The van der Waals surface area contributed by atoms with Crippen LogP contribution in [0.2, 0.25) is 0 Å². The number of nitrogens with one attached hydrogen (secondary N) is 2. The Morgan fingerprint density at radius 1 is 1.07 bits per heavy atom. The molecule has 0 saturated carbocycles. The van der Waals surface area contributed by atoms with Crippen LogP contribution in [-0.4, -0.2) is 42.3 Å². The second-order valence-corrected chi connectivity index (χ2v) is 7.75. The van der Waals surface area contributed by atoms with E-state index in [1.54, 1.807) is 45.0 Å². The molecule has 150 valence electrons. The molecular formula is C19H29N3O5. The van der Waals surface area contributed by atoms with E-state index in [2.05, 4.69) is 10.6 Å². The number of methoxy groups -OCH3 is 1. The fourth-order valence-corrected chi connectivity index (χ4v) is 2.25. The molecule has 0 spiro atoms. The molecule has 4 N–H and O–H groups in total. The van der Waals surface area contributed by atoms with Gasteiger partial charge in [-0.25, -0.2) is 9.59 Å². The van der Waals surface area contributed by atoms with Crippen LogP contribution in [0.15, 0.2) is 24.3 Å². The van der Waals surface area contributed by atoms with Crippen molar-refractivity contribution in [1.82, 2.24) is 10.6 Å². The lowest BCUT2D eigenvalue weighted by Gasteiger charge is -2.27. The van der Waals surface area contributed by atoms with Gasteiger partial charge in [-0.2, -0.15) is 0 Å². The summed E-state index contributed by atoms with van der Waals surface area (Å²) in [5.41, 5.74) is 5.10. The van der Waals surface area contributed by atoms with Crippen molar-refractivity contribution < 1.29 is 23.9 Å². The Kier molecular flexibility index (Phi) is 7.21. The number of amides is 2. The molecule has 1 rings (SSSR count). The van der Waals surface area contributed by atoms with Gasteiger partial charge in [0.2, 0.25) is 5.91 Å². The molecule has 8 nitrogen and oxygen atoms in total. The summed E-state index contributed by atoms with van der Waals surface area (Å²) in [4.78, 5) is 36.7. The SMILES string of the molecule is COC(=O)C(C)(C)NC(=O)[C@H](Cc1ccc(N)cc1)NC(=O)OC(C)(C)C. The number of carbonyl (C=O) groups excluding carboxylic acids is 3. The van der Waals surface area contributed by atoms with Crippen molar-refractivity contribution in [3.05, 3.63) is 29.8 Å². The molecule has 0 radical (unpaired) electrons. The zero-order chi connectivity index (χ0) is 20.8. The Labute approximate surface area is 159 Å². The summed E-state index contributed by atoms with van der Waals surface area (Å²) < 4.78 is 9.93. The molecule has 0 aliphatic carbocycles. The first-order valence-electron chi connectivity index (χ1n) is 8.58. The quantitative estimate of drug-likeness (QED) is 0.512. The van der Waals surface area contributed by atoms with Gasteiger partial charge in [0.15, 0.2) is 0 Å². The summed E-state index contributed by atoms with van der Waals surface area (Å²) in [7, 11) is 1.24. The highest BCUT2D eigenvalue weighted by Crippen LogP contribution is 2.12. The third kappa shape index (κ3) is 7.55. The lowest BCUT2D eigenvalue weighted by Crippen LogP contribution is -2.57. The van der Waals surface area contributed by atoms with Gasteiger partial charge in [-0.05, 0) is 52.3 Å². The summed E-state index contributed by atoms with van der Waals surface area (Å²) in [6.07, 6.45) is -0.531. The Morgan fingerprint density at radius 3 is 2.11 bits per heavy atom. The number of alkyl carbamates (subject to hydrolysis) is 1. The molecule has 0 unspecified atom stereocenters. The van der Waals surface area contributed by atoms with E-state index >= 15 is 0 Å². The first kappa shape index (κ1) is 22.3. The van der Waals surface area contributed by atoms with Crippen LogP contribution >= 0.6 is 0 Å². The zero-order valence-corrected chi connectivity index (χ0v) is 16.7. The molecule has 2 amide bonds. The van der Waals surface area contributed by atoms with Gasteiger partial charge in [-0.1, -0.05) is 12.1 Å². The maximum Gasteiger partial charge on any atom is 0.408 e. The summed E-state index contributed by atoms with van der Waals surface area (Å²) in [6, 6.07) is 5.98. The van der Waals surface area contributed by atoms with Crippen LogP contribution in [0.25, 0.3) is 0 Å². The van der Waals surface area contributed by atoms with E-state index in [1.165, 1.54) is 21.0 Å². The fraction of sp³-hybridized carbons (Fsp3) is 0.526. The molecule has 0 aliphatic heterocycles. The summed E-state index contributed by atoms with van der Waals surface area (Å²) in [5, 5.41) is 5.16. The molecule has 0 bridgehead atoms. The van der Waals surface area contributed by atoms with Gasteiger partial charge in [0.25, 0.3) is 0 Å². The van der Waals surface area contributed by atoms with E-state index in [0.717, 1.165) is 5.56 Å². The normalized spacial score (nSPS) is 12.7. The molecule has 27 heavy (non-hydrogen) atoms. The standard InChI is InChI=1S/C19H29N3O5/c1-18(2,3)27-17(25)21-14(11-12-7-9-13(20)10-8-12)15(23)22-19(4,5)16(24)26-6/h7-10,14H,11,20H2,1-6H3,(H,21,25)(H,22,23)/t14-/m0/s1. The Balaban J connectivity index is 2.98. The number of esters is 1. The van der Waals surface area contributed by atoms with E-state index in [1.807, 2.05) is 0 Å². The van der Waals surface area contributed by atoms with E-state index in [0.29, 0.717) is 5.69 Å². The number of hydrogen-bond acceptors (Lipinski definition) is 6. The molecule has 0 saturated heterocycles. The van der Waals surface area contributed by atoms with Crippen molar-refractivity contribution in [2.45, 2.75) is 58.2 Å². The summed E-state index contributed by atoms with van der Waals surface area (Å²) in [5.74, 6) is -1.13. The van der Waals surface area contributed by atoms with Gasteiger partial charge in [-0.15, -0.1) is 0 Å². The van der Waals surface area contributed by atoms with E-state index in [9.17, 15) is 14.4 Å². The minimum Gasteiger partial charge on any atom is -0.467 e. The van der Waals surface area contributed by atoms with Crippen molar-refractivity contribution in [3.63, 3.8) is 0 Å². The highest BCUT2D eigenvalue weighted by molar-refractivity contribution is 5.91. The average molecular weight is 379 g/mol. The third-order valence-electron chi connectivity index (χ3n) is 3.56. The summed E-state index contributed by atoms with van der Waals surface area (Å²) >= 11 is 0. The first-order chi connectivity index (χ1) is 12.3. The number of hydrogen-bond donors (Lipinski definition) is 3. The number of benzene rings is 1. The Bertz CT molecular complexity index is 678. The maximum absolute atomic E-state index is 12.7. The molecule has 0 aliphatic rings. The fourth-order valence-electron chi connectivity index (χ4n) is 2.25. The lowest BCUT2D eigenvalue weighted by atomic mass is 10.0. The van der Waals surface area contributed by atoms with Gasteiger partial charge in [0, 0.05) is 12.1 Å². The van der Waals surface area contributed by atoms with Crippen molar-refractivity contribution in [1.29, 1.82) is 0 Å². The highest BCUT2D eigenvalue weighted by Gasteiger charge is 2.34. The van der Waals surface area contributed by atoms with Crippen LogP contribution in [0.4, 0.5) is 10.5 Å². The average Bonchev–Trinajstić information content (AvgIpc) is 2.53. The molecule has 0 heterocycles.